The summed E-state index contributed by atoms with van der Waals surface area (Å²) in [5, 5.41) is 10.4. The van der Waals surface area contributed by atoms with E-state index < -0.39 is 29.5 Å². The van der Waals surface area contributed by atoms with Crippen LogP contribution >= 0.6 is 0 Å². The highest BCUT2D eigenvalue weighted by Crippen LogP contribution is 2.32. The van der Waals surface area contributed by atoms with Crippen LogP contribution < -0.4 is 4.90 Å². The minimum atomic E-state index is -1.24. The molecule has 130 valence electrons. The zero-order chi connectivity index (χ0) is 18.3. The number of nitrogens with one attached hydrogen (secondary N) is 1. The average molecular weight is 348 g/mol. The Morgan fingerprint density at radius 3 is 2.42 bits per heavy atom. The molecule has 6 nitrogen and oxygen atoms in total. The summed E-state index contributed by atoms with van der Waals surface area (Å²) >= 11 is 0. The van der Waals surface area contributed by atoms with Gasteiger partial charge in [0, 0.05) is 23.1 Å². The summed E-state index contributed by atoms with van der Waals surface area (Å²) in [5.74, 6) is -4.43. The molecule has 2 atom stereocenters. The van der Waals surface area contributed by atoms with E-state index in [1.54, 1.807) is 30.3 Å². The normalized spacial score (nSPS) is 19.8. The lowest BCUT2D eigenvalue weighted by molar-refractivity contribution is -0.143. The lowest BCUT2D eigenvalue weighted by Gasteiger charge is -2.16. The second-order valence-electron chi connectivity index (χ2n) is 6.34. The number of carbonyl (C=O) groups excluding carboxylic acids is 2. The van der Waals surface area contributed by atoms with Crippen molar-refractivity contribution in [1.82, 2.24) is 4.98 Å². The molecule has 1 fully saturated rings. The van der Waals surface area contributed by atoms with Crippen LogP contribution in [0.25, 0.3) is 10.9 Å². The molecule has 2 heterocycles. The van der Waals surface area contributed by atoms with Gasteiger partial charge in [-0.1, -0.05) is 36.4 Å². The van der Waals surface area contributed by atoms with E-state index in [0.29, 0.717) is 5.69 Å². The zero-order valence-corrected chi connectivity index (χ0v) is 13.8. The summed E-state index contributed by atoms with van der Waals surface area (Å²) in [6.07, 6.45) is 0. The number of hydrogen-bond acceptors (Lipinski definition) is 3. The van der Waals surface area contributed by atoms with Gasteiger partial charge in [-0.3, -0.25) is 14.4 Å². The van der Waals surface area contributed by atoms with Gasteiger partial charge in [0.05, 0.1) is 11.6 Å². The molecule has 1 aliphatic heterocycles. The minimum absolute atomic E-state index is 0.0190. The Morgan fingerprint density at radius 2 is 1.73 bits per heavy atom. The van der Waals surface area contributed by atoms with E-state index in [0.717, 1.165) is 10.9 Å². The predicted molar refractivity (Wildman–Crippen MR) is 96.0 cm³/mol. The lowest BCUT2D eigenvalue weighted by Crippen LogP contribution is -2.32. The number of fused-ring (bicyclic) bond motifs is 1. The molecule has 4 rings (SSSR count). The predicted octanol–water partition coefficient (Wildman–Crippen LogP) is 2.71. The number of ketones is 1. The molecule has 2 aromatic carbocycles. The number of Topliss-reactive ketones (excluding diaryl/α,β-unsaturated/α-hetero) is 1. The number of aliphatic carboxylic acids is 1. The molecule has 1 saturated heterocycles. The van der Waals surface area contributed by atoms with Crippen LogP contribution in [0, 0.1) is 11.8 Å². The van der Waals surface area contributed by atoms with E-state index in [1.807, 2.05) is 30.3 Å². The van der Waals surface area contributed by atoms with Gasteiger partial charge in [-0.2, -0.15) is 0 Å². The third kappa shape index (κ3) is 2.56. The van der Waals surface area contributed by atoms with Crippen molar-refractivity contribution in [3.05, 3.63) is 66.4 Å². The number of carboxylic acids is 1. The third-order valence-corrected chi connectivity index (χ3v) is 4.78. The summed E-state index contributed by atoms with van der Waals surface area (Å²) in [4.78, 5) is 41.9. The van der Waals surface area contributed by atoms with Crippen molar-refractivity contribution in [3.63, 3.8) is 0 Å². The van der Waals surface area contributed by atoms with Crippen molar-refractivity contribution in [3.8, 4) is 0 Å². The topological polar surface area (TPSA) is 90.5 Å². The van der Waals surface area contributed by atoms with Gasteiger partial charge in [-0.05, 0) is 24.3 Å². The smallest absolute Gasteiger partial charge is 0.309 e. The summed E-state index contributed by atoms with van der Waals surface area (Å²) in [6.45, 7) is -0.0190. The van der Waals surface area contributed by atoms with E-state index in [1.165, 1.54) is 4.90 Å². The summed E-state index contributed by atoms with van der Waals surface area (Å²) < 4.78 is 0. The zero-order valence-electron chi connectivity index (χ0n) is 13.8. The van der Waals surface area contributed by atoms with E-state index >= 15 is 0 Å². The molecular weight excluding hydrogens is 332 g/mol. The molecule has 1 amide bonds. The van der Waals surface area contributed by atoms with Crippen molar-refractivity contribution < 1.29 is 19.5 Å². The molecule has 26 heavy (non-hydrogen) atoms. The van der Waals surface area contributed by atoms with E-state index in [4.69, 9.17) is 0 Å². The summed E-state index contributed by atoms with van der Waals surface area (Å²) in [5.41, 5.74) is 1.62. The molecule has 3 aromatic rings. The molecule has 0 radical (unpaired) electrons. The second-order valence-corrected chi connectivity index (χ2v) is 6.34. The highest BCUT2D eigenvalue weighted by molar-refractivity contribution is 6.18. The van der Waals surface area contributed by atoms with Gasteiger partial charge in [0.25, 0.3) is 0 Å². The molecule has 0 spiro atoms. The maximum absolute atomic E-state index is 13.0. The number of para-hydroxylation sites is 2. The number of nitrogens with zero attached hydrogens (tertiary/aromatic N) is 1. The quantitative estimate of drug-likeness (QED) is 0.560. The average Bonchev–Trinajstić information content (AvgIpc) is 3.23. The largest absolute Gasteiger partial charge is 0.481 e. The minimum Gasteiger partial charge on any atom is -0.481 e. The Bertz CT molecular complexity index is 976. The Hall–Kier alpha value is -3.41. The fourth-order valence-electron chi connectivity index (χ4n) is 3.46. The van der Waals surface area contributed by atoms with Gasteiger partial charge in [0.1, 0.15) is 5.92 Å². The van der Waals surface area contributed by atoms with Crippen molar-refractivity contribution >= 4 is 34.3 Å². The van der Waals surface area contributed by atoms with Gasteiger partial charge in [-0.25, -0.2) is 0 Å². The number of carboxylic acid groups (broad SMARTS) is 1. The molecule has 2 unspecified atom stereocenters. The van der Waals surface area contributed by atoms with Crippen LogP contribution in [0.2, 0.25) is 0 Å². The fourth-order valence-corrected chi connectivity index (χ4v) is 3.46. The third-order valence-electron chi connectivity index (χ3n) is 4.78. The molecule has 1 aliphatic rings. The van der Waals surface area contributed by atoms with Gasteiger partial charge in [0.2, 0.25) is 5.91 Å². The van der Waals surface area contributed by atoms with Gasteiger partial charge in [-0.15, -0.1) is 0 Å². The molecule has 0 bridgehead atoms. The van der Waals surface area contributed by atoms with Crippen molar-refractivity contribution in [2.75, 3.05) is 11.4 Å². The Labute approximate surface area is 149 Å². The lowest BCUT2D eigenvalue weighted by atomic mass is 9.90. The second kappa shape index (κ2) is 6.15. The van der Waals surface area contributed by atoms with Gasteiger partial charge in [0.15, 0.2) is 5.78 Å². The van der Waals surface area contributed by atoms with E-state index in [2.05, 4.69) is 4.98 Å². The van der Waals surface area contributed by atoms with Crippen molar-refractivity contribution in [2.24, 2.45) is 11.8 Å². The number of carbonyl (C=O) groups is 3. The van der Waals surface area contributed by atoms with Crippen molar-refractivity contribution in [2.45, 2.75) is 0 Å². The monoisotopic (exact) mass is 348 g/mol. The van der Waals surface area contributed by atoms with Crippen LogP contribution in [0.5, 0.6) is 0 Å². The van der Waals surface area contributed by atoms with Gasteiger partial charge >= 0.3 is 5.97 Å². The first kappa shape index (κ1) is 16.1. The SMILES string of the molecule is O=C(O)C1CN(c2ccccc2)C(=O)C1C(=O)c1cc2ccccc2[nH]1. The number of aromatic nitrogens is 1. The summed E-state index contributed by atoms with van der Waals surface area (Å²) in [7, 11) is 0. The first-order valence-corrected chi connectivity index (χ1v) is 8.27. The van der Waals surface area contributed by atoms with Crippen LogP contribution in [0.3, 0.4) is 0 Å². The van der Waals surface area contributed by atoms with Crippen LogP contribution in [0.1, 0.15) is 10.5 Å². The first-order chi connectivity index (χ1) is 12.6. The molecule has 2 N–H and O–H groups in total. The maximum Gasteiger partial charge on any atom is 0.309 e. The number of rotatable bonds is 4. The van der Waals surface area contributed by atoms with Crippen LogP contribution in [-0.2, 0) is 9.59 Å². The number of aromatic amines is 1. The first-order valence-electron chi connectivity index (χ1n) is 8.27. The Kier molecular flexibility index (Phi) is 3.80. The number of H-pyrrole nitrogens is 1. The van der Waals surface area contributed by atoms with Crippen molar-refractivity contribution in [1.29, 1.82) is 0 Å². The molecule has 1 aromatic heterocycles. The van der Waals surface area contributed by atoms with Crippen LogP contribution in [-0.4, -0.2) is 34.3 Å². The molecule has 0 aliphatic carbocycles. The van der Waals surface area contributed by atoms with E-state index in [-0.39, 0.29) is 12.2 Å². The maximum atomic E-state index is 13.0. The molecule has 0 saturated carbocycles. The fraction of sp³-hybridized carbons (Fsp3) is 0.150. The number of hydrogen-bond donors (Lipinski definition) is 2. The number of anilines is 1. The standard InChI is InChI=1S/C20H16N2O4/c23-18(16-10-12-6-4-5-9-15(12)21-16)17-14(20(25)26)11-22(19(17)24)13-7-2-1-3-8-13/h1-10,14,17,21H,11H2,(H,25,26). The highest BCUT2D eigenvalue weighted by atomic mass is 16.4. The summed E-state index contributed by atoms with van der Waals surface area (Å²) in [6, 6.07) is 17.8. The number of benzene rings is 2. The van der Waals surface area contributed by atoms with E-state index in [9.17, 15) is 19.5 Å². The Balaban J connectivity index is 1.71. The molecule has 6 heteroatoms. The van der Waals surface area contributed by atoms with Crippen LogP contribution in [0.4, 0.5) is 5.69 Å². The number of amides is 1. The Morgan fingerprint density at radius 1 is 1.04 bits per heavy atom. The van der Waals surface area contributed by atoms with Gasteiger partial charge < -0.3 is 15.0 Å². The molecular formula is C20H16N2O4. The van der Waals surface area contributed by atoms with Crippen LogP contribution in [0.15, 0.2) is 60.7 Å². The highest BCUT2D eigenvalue weighted by Gasteiger charge is 2.49.